The molecule has 27 heavy (non-hydrogen) atoms. The molecule has 0 atom stereocenters. The van der Waals surface area contributed by atoms with E-state index in [1.54, 1.807) is 24.6 Å². The fourth-order valence-corrected chi connectivity index (χ4v) is 3.69. The number of fused-ring (bicyclic) bond motifs is 1. The largest absolute Gasteiger partial charge is 0.467 e. The topological polar surface area (TPSA) is 88.6 Å². The number of aromatic nitrogens is 2. The van der Waals surface area contributed by atoms with Gasteiger partial charge in [0.2, 0.25) is 0 Å². The molecule has 1 saturated heterocycles. The van der Waals surface area contributed by atoms with E-state index >= 15 is 0 Å². The third kappa shape index (κ3) is 3.51. The number of furan rings is 1. The van der Waals surface area contributed by atoms with Crippen LogP contribution >= 0.6 is 24.0 Å². The summed E-state index contributed by atoms with van der Waals surface area (Å²) >= 11 is 6.14. The molecular formula is C18H14N4O3S2. The summed E-state index contributed by atoms with van der Waals surface area (Å²) in [6.45, 7) is 2.25. The monoisotopic (exact) mass is 398 g/mol. The Kier molecular flexibility index (Phi) is 4.54. The Morgan fingerprint density at radius 1 is 1.37 bits per heavy atom. The van der Waals surface area contributed by atoms with Crippen LogP contribution in [0.15, 0.2) is 50.8 Å². The van der Waals surface area contributed by atoms with E-state index in [0.717, 1.165) is 17.3 Å². The van der Waals surface area contributed by atoms with Gasteiger partial charge in [-0.25, -0.2) is 4.98 Å². The number of nitrogens with one attached hydrogen (secondary N) is 2. The molecule has 0 unspecified atom stereocenters. The molecule has 136 valence electrons. The summed E-state index contributed by atoms with van der Waals surface area (Å²) < 4.78 is 7.15. The first kappa shape index (κ1) is 17.5. The van der Waals surface area contributed by atoms with Crippen LogP contribution in [0.2, 0.25) is 0 Å². The van der Waals surface area contributed by atoms with Gasteiger partial charge in [0.05, 0.1) is 23.3 Å². The van der Waals surface area contributed by atoms with Gasteiger partial charge in [0, 0.05) is 6.20 Å². The predicted octanol–water partition coefficient (Wildman–Crippen LogP) is 2.70. The number of aryl methyl sites for hydroxylation is 1. The van der Waals surface area contributed by atoms with Gasteiger partial charge in [0.15, 0.2) is 0 Å². The van der Waals surface area contributed by atoms with E-state index in [1.165, 1.54) is 10.5 Å². The molecule has 4 rings (SSSR count). The van der Waals surface area contributed by atoms with Crippen molar-refractivity contribution in [2.24, 2.45) is 0 Å². The summed E-state index contributed by atoms with van der Waals surface area (Å²) in [5, 5.41) is 5.68. The molecule has 1 amide bonds. The van der Waals surface area contributed by atoms with E-state index in [-0.39, 0.29) is 17.0 Å². The fourth-order valence-electron chi connectivity index (χ4n) is 2.66. The van der Waals surface area contributed by atoms with Gasteiger partial charge < -0.3 is 15.1 Å². The van der Waals surface area contributed by atoms with Gasteiger partial charge in [-0.3, -0.25) is 14.0 Å². The number of thioether (sulfide) groups is 1. The molecule has 1 aliphatic rings. The molecule has 4 heterocycles. The van der Waals surface area contributed by atoms with Crippen LogP contribution in [0.3, 0.4) is 0 Å². The number of anilines is 1. The second-order valence-electron chi connectivity index (χ2n) is 5.90. The van der Waals surface area contributed by atoms with E-state index in [9.17, 15) is 9.59 Å². The third-order valence-corrected chi connectivity index (χ3v) is 5.10. The second-order valence-corrected chi connectivity index (χ2v) is 7.62. The van der Waals surface area contributed by atoms with Crippen LogP contribution in [-0.2, 0) is 11.3 Å². The minimum atomic E-state index is -0.323. The molecule has 0 aromatic carbocycles. The number of carbonyl (C=O) groups is 1. The Hall–Kier alpha value is -2.91. The lowest BCUT2D eigenvalue weighted by Crippen LogP contribution is -2.21. The third-order valence-electron chi connectivity index (χ3n) is 3.93. The summed E-state index contributed by atoms with van der Waals surface area (Å²) in [7, 11) is 0. The van der Waals surface area contributed by atoms with Crippen molar-refractivity contribution < 1.29 is 9.21 Å². The Labute approximate surface area is 163 Å². The Balaban J connectivity index is 1.84. The number of nitrogens with zero attached hydrogens (tertiary/aromatic N) is 2. The number of hydrogen-bond acceptors (Lipinski definition) is 7. The van der Waals surface area contributed by atoms with Crippen molar-refractivity contribution >= 4 is 51.7 Å². The Bertz CT molecular complexity index is 1150. The van der Waals surface area contributed by atoms with E-state index in [2.05, 4.69) is 15.6 Å². The second kappa shape index (κ2) is 7.01. The zero-order valence-electron chi connectivity index (χ0n) is 14.2. The maximum Gasteiger partial charge on any atom is 0.267 e. The minimum Gasteiger partial charge on any atom is -0.467 e. The number of pyridine rings is 1. The molecule has 9 heteroatoms. The number of rotatable bonds is 4. The molecule has 7 nitrogen and oxygen atoms in total. The van der Waals surface area contributed by atoms with Crippen molar-refractivity contribution in [2.45, 2.75) is 13.5 Å². The average molecular weight is 398 g/mol. The van der Waals surface area contributed by atoms with Gasteiger partial charge >= 0.3 is 0 Å². The molecule has 0 radical (unpaired) electrons. The lowest BCUT2D eigenvalue weighted by atomic mass is 10.2. The molecule has 1 fully saturated rings. The lowest BCUT2D eigenvalue weighted by molar-refractivity contribution is -0.115. The van der Waals surface area contributed by atoms with E-state index in [0.29, 0.717) is 33.0 Å². The standard InChI is InChI=1S/C18H14N4O3S2/c1-10-4-5-14-20-15(19-8-11-3-2-6-25-11)12(17(24)22(14)9-10)7-13-16(23)21-18(26)27-13/h2-7,9,19H,8H2,1H3,(H,21,23,26)/b13-7-. The first-order chi connectivity index (χ1) is 13.0. The highest BCUT2D eigenvalue weighted by molar-refractivity contribution is 8.26. The van der Waals surface area contributed by atoms with Crippen molar-refractivity contribution in [3.8, 4) is 0 Å². The summed E-state index contributed by atoms with van der Waals surface area (Å²) in [5.74, 6) is 0.753. The number of amides is 1. The summed E-state index contributed by atoms with van der Waals surface area (Å²) in [6, 6.07) is 7.26. The maximum absolute atomic E-state index is 13.1. The smallest absolute Gasteiger partial charge is 0.267 e. The van der Waals surface area contributed by atoms with Crippen molar-refractivity contribution in [1.82, 2.24) is 14.7 Å². The zero-order chi connectivity index (χ0) is 19.0. The molecule has 0 spiro atoms. The molecule has 2 N–H and O–H groups in total. The maximum atomic E-state index is 13.1. The van der Waals surface area contributed by atoms with Gasteiger partial charge in [-0.15, -0.1) is 0 Å². The zero-order valence-corrected chi connectivity index (χ0v) is 15.8. The van der Waals surface area contributed by atoms with Gasteiger partial charge in [-0.2, -0.15) is 0 Å². The van der Waals surface area contributed by atoms with Crippen LogP contribution in [0.4, 0.5) is 5.82 Å². The fraction of sp³-hybridized carbons (Fsp3) is 0.111. The van der Waals surface area contributed by atoms with Crippen molar-refractivity contribution in [2.75, 3.05) is 5.32 Å². The molecule has 3 aromatic rings. The highest BCUT2D eigenvalue weighted by Crippen LogP contribution is 2.27. The van der Waals surface area contributed by atoms with Crippen LogP contribution in [0.25, 0.3) is 11.7 Å². The summed E-state index contributed by atoms with van der Waals surface area (Å²) in [4.78, 5) is 30.0. The molecule has 3 aromatic heterocycles. The molecule has 0 bridgehead atoms. The SMILES string of the molecule is Cc1ccc2nc(NCc3ccco3)c(/C=C3\SC(=S)NC3=O)c(=O)n2c1. The Morgan fingerprint density at radius 3 is 2.93 bits per heavy atom. The van der Waals surface area contributed by atoms with E-state index in [1.807, 2.05) is 19.1 Å². The van der Waals surface area contributed by atoms with Gasteiger partial charge in [0.1, 0.15) is 21.5 Å². The minimum absolute atomic E-state index is 0.274. The van der Waals surface area contributed by atoms with Crippen LogP contribution in [0, 0.1) is 6.92 Å². The highest BCUT2D eigenvalue weighted by Gasteiger charge is 2.24. The molecule has 0 saturated carbocycles. The molecule has 0 aliphatic carbocycles. The van der Waals surface area contributed by atoms with Crippen LogP contribution in [-0.4, -0.2) is 19.6 Å². The average Bonchev–Trinajstić information content (AvgIpc) is 3.26. The quantitative estimate of drug-likeness (QED) is 0.516. The summed E-state index contributed by atoms with van der Waals surface area (Å²) in [6.07, 6.45) is 4.81. The Morgan fingerprint density at radius 2 is 2.22 bits per heavy atom. The number of thiocarbonyl (C=S) groups is 1. The number of carbonyl (C=O) groups excluding carboxylic acids is 1. The van der Waals surface area contributed by atoms with Crippen LogP contribution in [0.1, 0.15) is 16.9 Å². The number of hydrogen-bond donors (Lipinski definition) is 2. The lowest BCUT2D eigenvalue weighted by Gasteiger charge is -2.10. The van der Waals surface area contributed by atoms with Gasteiger partial charge in [-0.1, -0.05) is 30.0 Å². The normalized spacial score (nSPS) is 15.5. The molecule has 1 aliphatic heterocycles. The van der Waals surface area contributed by atoms with Crippen LogP contribution in [0.5, 0.6) is 0 Å². The van der Waals surface area contributed by atoms with Crippen molar-refractivity contribution in [3.05, 3.63) is 68.9 Å². The van der Waals surface area contributed by atoms with Crippen molar-refractivity contribution in [3.63, 3.8) is 0 Å². The summed E-state index contributed by atoms with van der Waals surface area (Å²) in [5.41, 5.74) is 1.44. The molecular weight excluding hydrogens is 384 g/mol. The van der Waals surface area contributed by atoms with E-state index < -0.39 is 0 Å². The predicted molar refractivity (Wildman–Crippen MR) is 109 cm³/mol. The van der Waals surface area contributed by atoms with Crippen molar-refractivity contribution in [1.29, 1.82) is 0 Å². The van der Waals surface area contributed by atoms with Gasteiger partial charge in [0.25, 0.3) is 11.5 Å². The van der Waals surface area contributed by atoms with Crippen LogP contribution < -0.4 is 16.2 Å². The first-order valence-corrected chi connectivity index (χ1v) is 9.28. The first-order valence-electron chi connectivity index (χ1n) is 8.05. The van der Waals surface area contributed by atoms with Gasteiger partial charge in [-0.05, 0) is 36.8 Å². The highest BCUT2D eigenvalue weighted by atomic mass is 32.2. The van der Waals surface area contributed by atoms with E-state index in [4.69, 9.17) is 16.6 Å².